The highest BCUT2D eigenvalue weighted by Gasteiger charge is 2.69. The molecule has 4 aliphatic carbocycles. The van der Waals surface area contributed by atoms with Crippen LogP contribution in [0.15, 0.2) is 12.2 Å². The molecule has 0 aromatic carbocycles. The van der Waals surface area contributed by atoms with Gasteiger partial charge in [-0.15, -0.1) is 0 Å². The van der Waals surface area contributed by atoms with Gasteiger partial charge in [0.15, 0.2) is 0 Å². The van der Waals surface area contributed by atoms with Crippen LogP contribution in [0.3, 0.4) is 0 Å². The number of nitrogens with zero attached hydrogens (tertiary/aromatic N) is 1. The first-order valence-electron chi connectivity index (χ1n) is 8.97. The first-order chi connectivity index (χ1) is 10.9. The molecule has 5 fully saturated rings. The van der Waals surface area contributed by atoms with Gasteiger partial charge in [-0.3, -0.25) is 14.5 Å². The van der Waals surface area contributed by atoms with Crippen LogP contribution in [0.25, 0.3) is 0 Å². The molecule has 5 rings (SSSR count). The fourth-order valence-corrected chi connectivity index (χ4v) is 6.09. The van der Waals surface area contributed by atoms with Crippen molar-refractivity contribution in [1.82, 2.24) is 4.90 Å². The van der Waals surface area contributed by atoms with Crippen molar-refractivity contribution in [2.75, 3.05) is 26.3 Å². The van der Waals surface area contributed by atoms with E-state index >= 15 is 0 Å². The smallest absolute Gasteiger partial charge is 0.144 e. The van der Waals surface area contributed by atoms with E-state index in [1.54, 1.807) is 0 Å². The van der Waals surface area contributed by atoms with Gasteiger partial charge in [0.1, 0.15) is 11.6 Å². The molecule has 126 valence electrons. The molecular formula is C19H27NO3. The number of allylic oxidation sites excluding steroid dienone is 1. The Balaban J connectivity index is 1.81. The lowest BCUT2D eigenvalue weighted by Gasteiger charge is -2.67. The quantitative estimate of drug-likeness (QED) is 0.733. The molecule has 1 saturated heterocycles. The van der Waals surface area contributed by atoms with Crippen LogP contribution in [0.4, 0.5) is 0 Å². The topological polar surface area (TPSA) is 46.6 Å². The Morgan fingerprint density at radius 2 is 1.96 bits per heavy atom. The maximum Gasteiger partial charge on any atom is 0.144 e. The molecule has 23 heavy (non-hydrogen) atoms. The SMILES string of the molecule is C=C(C)[C@@]12C[C@@H]3C[C@@H](C)C(=O)[C@H](C1)[C@@]3(N1CCOCC1)CC2=O. The van der Waals surface area contributed by atoms with E-state index in [-0.39, 0.29) is 17.4 Å². The van der Waals surface area contributed by atoms with E-state index in [0.717, 1.165) is 31.5 Å². The number of morpholine rings is 1. The number of ketones is 2. The summed E-state index contributed by atoms with van der Waals surface area (Å²) in [5.74, 6) is 1.27. The van der Waals surface area contributed by atoms with Gasteiger partial charge in [-0.05, 0) is 32.1 Å². The van der Waals surface area contributed by atoms with Crippen LogP contribution in [0.1, 0.15) is 39.5 Å². The average Bonchev–Trinajstić information content (AvgIpc) is 2.54. The number of ether oxygens (including phenoxy) is 1. The third kappa shape index (κ3) is 1.85. The molecule has 1 aliphatic heterocycles. The van der Waals surface area contributed by atoms with Crippen molar-refractivity contribution in [2.24, 2.45) is 23.2 Å². The number of carbonyl (C=O) groups is 2. The molecule has 0 spiro atoms. The molecule has 5 aliphatic rings. The van der Waals surface area contributed by atoms with Crippen molar-refractivity contribution in [3.05, 3.63) is 12.2 Å². The highest BCUT2D eigenvalue weighted by Crippen LogP contribution is 2.64. The van der Waals surface area contributed by atoms with Crippen molar-refractivity contribution in [1.29, 1.82) is 0 Å². The van der Waals surface area contributed by atoms with Crippen molar-refractivity contribution in [3.8, 4) is 0 Å². The summed E-state index contributed by atoms with van der Waals surface area (Å²) in [6.07, 6.45) is 3.05. The lowest BCUT2D eigenvalue weighted by atomic mass is 9.41. The third-order valence-electron chi connectivity index (χ3n) is 7.32. The summed E-state index contributed by atoms with van der Waals surface area (Å²) in [4.78, 5) is 28.5. The maximum absolute atomic E-state index is 13.1. The summed E-state index contributed by atoms with van der Waals surface area (Å²) in [6.45, 7) is 11.3. The molecule has 0 amide bonds. The van der Waals surface area contributed by atoms with E-state index in [1.165, 1.54) is 0 Å². The summed E-state index contributed by atoms with van der Waals surface area (Å²) >= 11 is 0. The van der Waals surface area contributed by atoms with Gasteiger partial charge in [0.25, 0.3) is 0 Å². The van der Waals surface area contributed by atoms with Gasteiger partial charge in [0.2, 0.25) is 0 Å². The maximum atomic E-state index is 13.1. The predicted molar refractivity (Wildman–Crippen MR) is 87.0 cm³/mol. The molecule has 0 N–H and O–H groups in total. The van der Waals surface area contributed by atoms with Crippen molar-refractivity contribution in [3.63, 3.8) is 0 Å². The lowest BCUT2D eigenvalue weighted by Crippen LogP contribution is -2.74. The highest BCUT2D eigenvalue weighted by molar-refractivity contribution is 5.96. The fourth-order valence-electron chi connectivity index (χ4n) is 6.09. The van der Waals surface area contributed by atoms with Gasteiger partial charge >= 0.3 is 0 Å². The van der Waals surface area contributed by atoms with Gasteiger partial charge < -0.3 is 4.74 Å². The van der Waals surface area contributed by atoms with Crippen molar-refractivity contribution < 1.29 is 14.3 Å². The zero-order chi connectivity index (χ0) is 16.4. The Morgan fingerprint density at radius 3 is 2.61 bits per heavy atom. The Bertz CT molecular complexity index is 579. The summed E-state index contributed by atoms with van der Waals surface area (Å²) in [7, 11) is 0. The average molecular weight is 317 g/mol. The highest BCUT2D eigenvalue weighted by atomic mass is 16.5. The van der Waals surface area contributed by atoms with Crippen molar-refractivity contribution in [2.45, 2.75) is 45.1 Å². The van der Waals surface area contributed by atoms with Gasteiger partial charge in [-0.25, -0.2) is 0 Å². The van der Waals surface area contributed by atoms with E-state index in [1.807, 2.05) is 6.92 Å². The second-order valence-corrected chi connectivity index (χ2v) is 8.25. The number of Topliss-reactive ketones (excluding diaryl/α,β-unsaturated/α-hetero) is 2. The van der Waals surface area contributed by atoms with Crippen LogP contribution in [-0.4, -0.2) is 48.3 Å². The lowest BCUT2D eigenvalue weighted by molar-refractivity contribution is -0.188. The van der Waals surface area contributed by atoms with Crippen LogP contribution < -0.4 is 0 Å². The van der Waals surface area contributed by atoms with Gasteiger partial charge in [-0.1, -0.05) is 19.1 Å². The molecule has 0 aromatic heterocycles. The number of rotatable bonds is 2. The van der Waals surface area contributed by atoms with Crippen LogP contribution in [0.5, 0.6) is 0 Å². The monoisotopic (exact) mass is 317 g/mol. The van der Waals surface area contributed by atoms with Crippen LogP contribution in [0, 0.1) is 23.2 Å². The molecule has 0 radical (unpaired) electrons. The van der Waals surface area contributed by atoms with E-state index in [9.17, 15) is 9.59 Å². The minimum Gasteiger partial charge on any atom is -0.379 e. The molecule has 4 nitrogen and oxygen atoms in total. The van der Waals surface area contributed by atoms with Crippen LogP contribution >= 0.6 is 0 Å². The summed E-state index contributed by atoms with van der Waals surface area (Å²) in [5.41, 5.74) is 0.302. The number of hydrogen-bond donors (Lipinski definition) is 0. The standard InChI is InChI=1S/C19H27NO3/c1-12(2)18-9-14-8-13(3)17(22)15(10-18)19(14,11-16(18)21)20-4-6-23-7-5-20/h13-15H,1,4-11H2,2-3H3/t13-,14+,15+,18-,19-/m1/s1. The summed E-state index contributed by atoms with van der Waals surface area (Å²) in [6, 6.07) is 0. The predicted octanol–water partition coefficient (Wildman–Crippen LogP) is 2.23. The molecule has 0 unspecified atom stereocenters. The Labute approximate surface area is 138 Å². The second-order valence-electron chi connectivity index (χ2n) is 8.25. The number of carbonyl (C=O) groups excluding carboxylic acids is 2. The van der Waals surface area contributed by atoms with Gasteiger partial charge in [-0.2, -0.15) is 0 Å². The first kappa shape index (κ1) is 15.5. The zero-order valence-corrected chi connectivity index (χ0v) is 14.3. The largest absolute Gasteiger partial charge is 0.379 e. The molecule has 0 aromatic rings. The molecule has 5 atom stereocenters. The van der Waals surface area contributed by atoms with E-state index in [2.05, 4.69) is 18.4 Å². The van der Waals surface area contributed by atoms with E-state index < -0.39 is 5.41 Å². The first-order valence-corrected chi connectivity index (χ1v) is 8.97. The zero-order valence-electron chi connectivity index (χ0n) is 14.3. The fraction of sp³-hybridized carbons (Fsp3) is 0.789. The number of hydrogen-bond acceptors (Lipinski definition) is 4. The Kier molecular flexibility index (Phi) is 3.37. The van der Waals surface area contributed by atoms with E-state index in [4.69, 9.17) is 4.74 Å². The van der Waals surface area contributed by atoms with E-state index in [0.29, 0.717) is 43.5 Å². The Morgan fingerprint density at radius 1 is 1.26 bits per heavy atom. The summed E-state index contributed by atoms with van der Waals surface area (Å²) < 4.78 is 5.52. The minimum absolute atomic E-state index is 0.00231. The minimum atomic E-state index is -0.431. The van der Waals surface area contributed by atoms with Crippen molar-refractivity contribution >= 4 is 11.6 Å². The Hall–Kier alpha value is -1.00. The molecule has 4 heteroatoms. The second kappa shape index (κ2) is 5.00. The normalized spacial score (nSPS) is 47.0. The number of fused-ring (bicyclic) bond motifs is 1. The molecule has 4 saturated carbocycles. The molecular weight excluding hydrogens is 290 g/mol. The third-order valence-corrected chi connectivity index (χ3v) is 7.32. The van der Waals surface area contributed by atoms with Gasteiger partial charge in [0.05, 0.1) is 18.6 Å². The van der Waals surface area contributed by atoms with Crippen LogP contribution in [0.2, 0.25) is 0 Å². The van der Waals surface area contributed by atoms with Crippen LogP contribution in [-0.2, 0) is 14.3 Å². The molecule has 4 bridgehead atoms. The summed E-state index contributed by atoms with van der Waals surface area (Å²) in [5, 5.41) is 0. The molecule has 1 heterocycles. The van der Waals surface area contributed by atoms with Gasteiger partial charge in [0, 0.05) is 36.9 Å².